The van der Waals surface area contributed by atoms with E-state index in [0.29, 0.717) is 0 Å². The van der Waals surface area contributed by atoms with Crippen LogP contribution in [-0.2, 0) is 5.41 Å². The Morgan fingerprint density at radius 1 is 1.00 bits per heavy atom. The molecule has 0 saturated heterocycles. The van der Waals surface area contributed by atoms with Crippen LogP contribution in [0.25, 0.3) is 0 Å². The second-order valence-electron chi connectivity index (χ2n) is 5.23. The third-order valence-corrected chi connectivity index (χ3v) is 3.59. The molecule has 2 aromatic rings. The summed E-state index contributed by atoms with van der Waals surface area (Å²) in [5.41, 5.74) is 6.87. The van der Waals surface area contributed by atoms with Gasteiger partial charge in [-0.05, 0) is 23.8 Å². The fourth-order valence-corrected chi connectivity index (χ4v) is 2.19. The molecule has 1 unspecified atom stereocenters. The van der Waals surface area contributed by atoms with Crippen molar-refractivity contribution in [1.29, 1.82) is 0 Å². The molecule has 19 heavy (non-hydrogen) atoms. The van der Waals surface area contributed by atoms with Gasteiger partial charge in [-0.1, -0.05) is 44.2 Å². The molecule has 0 aromatic heterocycles. The Kier molecular flexibility index (Phi) is 3.67. The number of hydrogen-bond donors (Lipinski definition) is 1. The summed E-state index contributed by atoms with van der Waals surface area (Å²) in [4.78, 5) is 0. The molecule has 0 radical (unpaired) electrons. The average Bonchev–Trinajstić information content (AvgIpc) is 2.41. The van der Waals surface area contributed by atoms with Gasteiger partial charge in [-0.15, -0.1) is 0 Å². The van der Waals surface area contributed by atoms with Crippen LogP contribution in [0, 0.1) is 11.6 Å². The number of halogens is 2. The quantitative estimate of drug-likeness (QED) is 0.889. The number of nitrogens with two attached hydrogens (primary N) is 1. The zero-order valence-corrected chi connectivity index (χ0v) is 11.0. The van der Waals surface area contributed by atoms with E-state index >= 15 is 0 Å². The van der Waals surface area contributed by atoms with Gasteiger partial charge in [0.05, 0.1) is 0 Å². The lowest BCUT2D eigenvalue weighted by Gasteiger charge is -2.32. The maximum Gasteiger partial charge on any atom is 0.128 e. The lowest BCUT2D eigenvalue weighted by atomic mass is 9.75. The molecule has 0 heterocycles. The topological polar surface area (TPSA) is 26.0 Å². The van der Waals surface area contributed by atoms with Crippen molar-refractivity contribution in [2.24, 2.45) is 5.73 Å². The Morgan fingerprint density at radius 3 is 2.26 bits per heavy atom. The van der Waals surface area contributed by atoms with Crippen molar-refractivity contribution in [3.05, 3.63) is 71.3 Å². The first-order valence-corrected chi connectivity index (χ1v) is 6.19. The molecule has 2 N–H and O–H groups in total. The SMILES string of the molecule is CC(C)(c1ccccc1)C(N)c1cc(F)ccc1F. The maximum atomic E-state index is 13.8. The molecule has 0 amide bonds. The van der Waals surface area contributed by atoms with E-state index in [1.165, 1.54) is 6.07 Å². The fraction of sp³-hybridized carbons (Fsp3) is 0.250. The van der Waals surface area contributed by atoms with Crippen LogP contribution in [0.2, 0.25) is 0 Å². The lowest BCUT2D eigenvalue weighted by molar-refractivity contribution is 0.404. The highest BCUT2D eigenvalue weighted by atomic mass is 19.1. The summed E-state index contributed by atoms with van der Waals surface area (Å²) in [6, 6.07) is 12.4. The summed E-state index contributed by atoms with van der Waals surface area (Å²) in [5, 5.41) is 0. The van der Waals surface area contributed by atoms with Gasteiger partial charge in [0.1, 0.15) is 11.6 Å². The first kappa shape index (κ1) is 13.7. The molecular formula is C16H17F2N. The largest absolute Gasteiger partial charge is 0.323 e. The fourth-order valence-electron chi connectivity index (χ4n) is 2.19. The lowest BCUT2D eigenvalue weighted by Crippen LogP contribution is -2.33. The first-order valence-electron chi connectivity index (χ1n) is 6.19. The zero-order valence-electron chi connectivity index (χ0n) is 11.0. The molecular weight excluding hydrogens is 244 g/mol. The van der Waals surface area contributed by atoms with Crippen LogP contribution in [-0.4, -0.2) is 0 Å². The Bertz CT molecular complexity index is 564. The molecule has 0 aliphatic carbocycles. The molecule has 3 heteroatoms. The molecule has 100 valence electrons. The second-order valence-corrected chi connectivity index (χ2v) is 5.23. The predicted octanol–water partition coefficient (Wildman–Crippen LogP) is 3.94. The monoisotopic (exact) mass is 261 g/mol. The van der Waals surface area contributed by atoms with Crippen molar-refractivity contribution in [3.8, 4) is 0 Å². The first-order chi connectivity index (χ1) is 8.93. The molecule has 0 bridgehead atoms. The van der Waals surface area contributed by atoms with Gasteiger partial charge in [0, 0.05) is 17.0 Å². The van der Waals surface area contributed by atoms with Gasteiger partial charge in [-0.25, -0.2) is 8.78 Å². The number of rotatable bonds is 3. The molecule has 2 rings (SSSR count). The van der Waals surface area contributed by atoms with Crippen molar-refractivity contribution in [2.45, 2.75) is 25.3 Å². The van der Waals surface area contributed by atoms with Gasteiger partial charge in [0.25, 0.3) is 0 Å². The normalized spacial score (nSPS) is 13.3. The van der Waals surface area contributed by atoms with E-state index < -0.39 is 23.1 Å². The minimum absolute atomic E-state index is 0.203. The smallest absolute Gasteiger partial charge is 0.128 e. The third kappa shape index (κ3) is 2.66. The third-order valence-electron chi connectivity index (χ3n) is 3.59. The van der Waals surface area contributed by atoms with Gasteiger partial charge in [0.15, 0.2) is 0 Å². The summed E-state index contributed by atoms with van der Waals surface area (Å²) >= 11 is 0. The molecule has 0 aliphatic heterocycles. The summed E-state index contributed by atoms with van der Waals surface area (Å²) in [7, 11) is 0. The zero-order chi connectivity index (χ0) is 14.0. The molecule has 1 atom stereocenters. The van der Waals surface area contributed by atoms with E-state index in [1.54, 1.807) is 0 Å². The Labute approximate surface area is 112 Å². The molecule has 0 saturated carbocycles. The van der Waals surface area contributed by atoms with E-state index in [-0.39, 0.29) is 5.56 Å². The van der Waals surface area contributed by atoms with Crippen molar-refractivity contribution < 1.29 is 8.78 Å². The van der Waals surface area contributed by atoms with Crippen molar-refractivity contribution in [2.75, 3.05) is 0 Å². The van der Waals surface area contributed by atoms with Crippen molar-refractivity contribution >= 4 is 0 Å². The number of hydrogen-bond acceptors (Lipinski definition) is 1. The van der Waals surface area contributed by atoms with E-state index in [2.05, 4.69) is 0 Å². The van der Waals surface area contributed by atoms with Crippen LogP contribution in [0.15, 0.2) is 48.5 Å². The van der Waals surface area contributed by atoms with Crippen LogP contribution in [0.1, 0.15) is 31.0 Å². The Morgan fingerprint density at radius 2 is 1.63 bits per heavy atom. The van der Waals surface area contributed by atoms with E-state index in [9.17, 15) is 8.78 Å². The van der Waals surface area contributed by atoms with E-state index in [1.807, 2.05) is 44.2 Å². The maximum absolute atomic E-state index is 13.8. The van der Waals surface area contributed by atoms with Gasteiger partial charge < -0.3 is 5.73 Å². The van der Waals surface area contributed by atoms with Crippen molar-refractivity contribution in [1.82, 2.24) is 0 Å². The van der Waals surface area contributed by atoms with Crippen LogP contribution in [0.4, 0.5) is 8.78 Å². The minimum atomic E-state index is -0.620. The van der Waals surface area contributed by atoms with Gasteiger partial charge in [-0.3, -0.25) is 0 Å². The predicted molar refractivity (Wildman–Crippen MR) is 72.8 cm³/mol. The minimum Gasteiger partial charge on any atom is -0.323 e. The van der Waals surface area contributed by atoms with E-state index in [0.717, 1.165) is 17.7 Å². The van der Waals surface area contributed by atoms with Crippen LogP contribution < -0.4 is 5.73 Å². The highest BCUT2D eigenvalue weighted by Gasteiger charge is 2.31. The summed E-state index contributed by atoms with van der Waals surface area (Å²) in [5.74, 6) is -0.950. The molecule has 0 fully saturated rings. The summed E-state index contributed by atoms with van der Waals surface area (Å²) < 4.78 is 27.1. The molecule has 0 spiro atoms. The van der Waals surface area contributed by atoms with Crippen LogP contribution in [0.3, 0.4) is 0 Å². The van der Waals surface area contributed by atoms with Gasteiger partial charge in [0.2, 0.25) is 0 Å². The number of benzene rings is 2. The highest BCUT2D eigenvalue weighted by Crippen LogP contribution is 2.36. The Balaban J connectivity index is 2.43. The van der Waals surface area contributed by atoms with Crippen LogP contribution >= 0.6 is 0 Å². The molecule has 1 nitrogen and oxygen atoms in total. The van der Waals surface area contributed by atoms with E-state index in [4.69, 9.17) is 5.73 Å². The average molecular weight is 261 g/mol. The summed E-state index contributed by atoms with van der Waals surface area (Å²) in [6.45, 7) is 3.86. The highest BCUT2D eigenvalue weighted by molar-refractivity contribution is 5.32. The van der Waals surface area contributed by atoms with Gasteiger partial charge in [-0.2, -0.15) is 0 Å². The molecule has 2 aromatic carbocycles. The summed E-state index contributed by atoms with van der Waals surface area (Å²) in [6.07, 6.45) is 0. The standard InChI is InChI=1S/C16H17F2N/c1-16(2,11-6-4-3-5-7-11)15(19)13-10-12(17)8-9-14(13)18/h3-10,15H,19H2,1-2H3. The second kappa shape index (κ2) is 5.10. The van der Waals surface area contributed by atoms with Crippen molar-refractivity contribution in [3.63, 3.8) is 0 Å². The Hall–Kier alpha value is -1.74. The van der Waals surface area contributed by atoms with Crippen LogP contribution in [0.5, 0.6) is 0 Å². The molecule has 0 aliphatic rings. The van der Waals surface area contributed by atoms with Gasteiger partial charge >= 0.3 is 0 Å².